The van der Waals surface area contributed by atoms with Crippen LogP contribution in [-0.2, 0) is 23.8 Å². The molecule has 12 heteroatoms. The van der Waals surface area contributed by atoms with Gasteiger partial charge in [-0.1, -0.05) is 6.92 Å². The van der Waals surface area contributed by atoms with Gasteiger partial charge in [-0.3, -0.25) is 9.59 Å². The largest absolute Gasteiger partial charge is 0.389 e. The maximum Gasteiger partial charge on any atom is 0.268 e. The molecule has 0 aromatic rings. The fourth-order valence-electron chi connectivity index (χ4n) is 14.2. The highest BCUT2D eigenvalue weighted by Gasteiger charge is 2.59. The van der Waals surface area contributed by atoms with Gasteiger partial charge in [-0.2, -0.15) is 0 Å². The van der Waals surface area contributed by atoms with E-state index >= 15 is 0 Å². The van der Waals surface area contributed by atoms with E-state index in [0.29, 0.717) is 78.7 Å². The molecule has 7 unspecified atom stereocenters. The summed E-state index contributed by atoms with van der Waals surface area (Å²) in [7, 11) is 0. The summed E-state index contributed by atoms with van der Waals surface area (Å²) >= 11 is 0. The second-order valence-electron chi connectivity index (χ2n) is 20.8. The standard InChI is InChI=1S/C16H26F2O2.2C14H20F2O2/c1-3-16(19)12-4-10-5-13(16)7-11(6-12)14(10)8-20-9-15(2,17)18;1-13(15,16)7-18-8-14-4-9-2-10(5-14)12(17)11(3-9)6-14;1-14(15,16)7-18-6-12-9-2-8-3-10(5-9)13(17)11(12)4-8/h10-14,19H,3-9H2,1-2H3;9-11H,2-8H2,1H3;8-12H,2-7H2,1H3. The number of rotatable bonds is 13. The molecule has 56 heavy (non-hydrogen) atoms. The molecule has 320 valence electrons. The van der Waals surface area contributed by atoms with Gasteiger partial charge in [0.1, 0.15) is 31.4 Å². The van der Waals surface area contributed by atoms with Gasteiger partial charge in [-0.15, -0.1) is 0 Å². The van der Waals surface area contributed by atoms with Crippen LogP contribution in [-0.4, -0.2) is 79.7 Å². The molecule has 0 radical (unpaired) electrons. The number of aliphatic hydroxyl groups is 1. The third-order valence-corrected chi connectivity index (χ3v) is 16.1. The fourth-order valence-corrected chi connectivity index (χ4v) is 14.2. The SMILES string of the molecule is CC(F)(F)COCC12CC3CC(C1)C(=O)C(C3)C2.CC(F)(F)COCC1C2CC3CC(C2)C(=O)C1C3.CCC1(O)C2CC3CC1CC(C2)C3COCC(C)(F)F. The summed E-state index contributed by atoms with van der Waals surface area (Å²) in [4.78, 5) is 24.1. The van der Waals surface area contributed by atoms with Gasteiger partial charge >= 0.3 is 0 Å². The number of ether oxygens (including phenoxy) is 3. The van der Waals surface area contributed by atoms with E-state index < -0.39 is 43.2 Å². The molecule has 7 atom stereocenters. The monoisotopic (exact) mass is 804 g/mol. The molecule has 0 spiro atoms. The van der Waals surface area contributed by atoms with E-state index in [1.807, 2.05) is 0 Å². The molecule has 12 aliphatic rings. The summed E-state index contributed by atoms with van der Waals surface area (Å²) in [5.41, 5.74) is -0.426. The number of ketones is 2. The molecule has 0 amide bonds. The molecule has 12 aliphatic carbocycles. The second kappa shape index (κ2) is 16.0. The van der Waals surface area contributed by atoms with Gasteiger partial charge in [-0.25, -0.2) is 26.3 Å². The zero-order valence-electron chi connectivity index (χ0n) is 33.9. The van der Waals surface area contributed by atoms with Crippen LogP contribution in [0.15, 0.2) is 0 Å². The van der Waals surface area contributed by atoms with Crippen molar-refractivity contribution in [3.8, 4) is 0 Å². The molecule has 0 aromatic heterocycles. The number of carbonyl (C=O) groups excluding carboxylic acids is 2. The number of halogens is 6. The van der Waals surface area contributed by atoms with Crippen LogP contribution in [0, 0.1) is 82.3 Å². The molecule has 12 bridgehead atoms. The minimum atomic E-state index is -2.77. The minimum absolute atomic E-state index is 0.0235. The van der Waals surface area contributed by atoms with Crippen LogP contribution >= 0.6 is 0 Å². The molecule has 0 aromatic carbocycles. The van der Waals surface area contributed by atoms with Crippen LogP contribution in [0.3, 0.4) is 0 Å². The van der Waals surface area contributed by atoms with Crippen molar-refractivity contribution in [3.05, 3.63) is 0 Å². The maximum absolute atomic E-state index is 12.8. The lowest BCUT2D eigenvalue weighted by Crippen LogP contribution is -2.60. The summed E-state index contributed by atoms with van der Waals surface area (Å²) in [5.74, 6) is -2.13. The first-order valence-electron chi connectivity index (χ1n) is 21.8. The molecule has 12 rings (SSSR count). The van der Waals surface area contributed by atoms with Crippen LogP contribution in [0.5, 0.6) is 0 Å². The molecular formula is C44H66F6O6. The molecule has 12 saturated carbocycles. The third-order valence-electron chi connectivity index (χ3n) is 16.1. The predicted molar refractivity (Wildman–Crippen MR) is 197 cm³/mol. The van der Waals surface area contributed by atoms with Crippen molar-refractivity contribution in [3.63, 3.8) is 0 Å². The summed E-state index contributed by atoms with van der Waals surface area (Å²) < 4.78 is 92.3. The Bertz CT molecular complexity index is 1360. The van der Waals surface area contributed by atoms with Crippen LogP contribution in [0.1, 0.15) is 118 Å². The first-order valence-corrected chi connectivity index (χ1v) is 21.8. The average Bonchev–Trinajstić information content (AvgIpc) is 3.08. The van der Waals surface area contributed by atoms with E-state index in [2.05, 4.69) is 6.92 Å². The van der Waals surface area contributed by atoms with Crippen molar-refractivity contribution in [1.29, 1.82) is 0 Å². The Labute approximate surface area is 329 Å². The lowest BCUT2D eigenvalue weighted by atomic mass is 9.46. The van der Waals surface area contributed by atoms with E-state index in [1.54, 1.807) is 0 Å². The van der Waals surface area contributed by atoms with Gasteiger partial charge in [0.05, 0.1) is 25.4 Å². The highest BCUT2D eigenvalue weighted by molar-refractivity contribution is 5.86. The Kier molecular flexibility index (Phi) is 12.2. The molecule has 0 aliphatic heterocycles. The van der Waals surface area contributed by atoms with E-state index in [0.717, 1.165) is 104 Å². The minimum Gasteiger partial charge on any atom is -0.389 e. The Morgan fingerprint density at radius 2 is 1.07 bits per heavy atom. The normalized spacial score (nSPS) is 44.2. The van der Waals surface area contributed by atoms with Gasteiger partial charge in [0.2, 0.25) is 0 Å². The summed E-state index contributed by atoms with van der Waals surface area (Å²) in [6.45, 7) is 4.49. The Balaban J connectivity index is 0.000000129. The van der Waals surface area contributed by atoms with Gasteiger partial charge < -0.3 is 19.3 Å². The van der Waals surface area contributed by atoms with Crippen molar-refractivity contribution in [2.24, 2.45) is 82.3 Å². The van der Waals surface area contributed by atoms with Gasteiger partial charge in [0.25, 0.3) is 17.8 Å². The topological polar surface area (TPSA) is 82.1 Å². The van der Waals surface area contributed by atoms with Crippen molar-refractivity contribution < 1.29 is 55.2 Å². The highest BCUT2D eigenvalue weighted by atomic mass is 19.3. The third kappa shape index (κ3) is 9.38. The second-order valence-corrected chi connectivity index (χ2v) is 20.8. The number of alkyl halides is 6. The summed E-state index contributed by atoms with van der Waals surface area (Å²) in [5, 5.41) is 10.8. The number of Topliss-reactive ketones (excluding diaryl/α,β-unsaturated/α-hetero) is 2. The molecule has 6 nitrogen and oxygen atoms in total. The van der Waals surface area contributed by atoms with Crippen molar-refractivity contribution in [1.82, 2.24) is 0 Å². The van der Waals surface area contributed by atoms with E-state index in [9.17, 15) is 41.0 Å². The van der Waals surface area contributed by atoms with Crippen LogP contribution < -0.4 is 0 Å². The van der Waals surface area contributed by atoms with Gasteiger partial charge in [0.15, 0.2) is 0 Å². The number of carbonyl (C=O) groups is 2. The lowest BCUT2D eigenvalue weighted by Gasteiger charge is -2.61. The maximum atomic E-state index is 12.8. The highest BCUT2D eigenvalue weighted by Crippen LogP contribution is 2.62. The molecule has 0 saturated heterocycles. The predicted octanol–water partition coefficient (Wildman–Crippen LogP) is 9.44. The number of hydrogen-bond acceptors (Lipinski definition) is 6. The zero-order chi connectivity index (χ0) is 40.4. The van der Waals surface area contributed by atoms with Crippen molar-refractivity contribution >= 4 is 11.6 Å². The molecule has 12 fully saturated rings. The first kappa shape index (κ1) is 42.9. The van der Waals surface area contributed by atoms with Crippen molar-refractivity contribution in [2.75, 3.05) is 39.6 Å². The van der Waals surface area contributed by atoms with Crippen LogP contribution in [0.2, 0.25) is 0 Å². The van der Waals surface area contributed by atoms with Crippen molar-refractivity contribution in [2.45, 2.75) is 141 Å². The molecular weight excluding hydrogens is 738 g/mol. The molecule has 0 heterocycles. The van der Waals surface area contributed by atoms with E-state index in [4.69, 9.17) is 14.2 Å². The smallest absolute Gasteiger partial charge is 0.268 e. The fraction of sp³-hybridized carbons (Fsp3) is 0.955. The lowest BCUT2D eigenvalue weighted by molar-refractivity contribution is -0.202. The zero-order valence-corrected chi connectivity index (χ0v) is 33.9. The quantitative estimate of drug-likeness (QED) is 0.187. The number of hydrogen-bond donors (Lipinski definition) is 1. The van der Waals surface area contributed by atoms with E-state index in [1.165, 1.54) is 6.42 Å². The van der Waals surface area contributed by atoms with Crippen LogP contribution in [0.4, 0.5) is 26.3 Å². The molecule has 1 N–H and O–H groups in total. The van der Waals surface area contributed by atoms with Gasteiger partial charge in [-0.05, 0) is 149 Å². The van der Waals surface area contributed by atoms with E-state index in [-0.39, 0.29) is 35.0 Å². The van der Waals surface area contributed by atoms with Gasteiger partial charge in [0, 0.05) is 44.4 Å². The summed E-state index contributed by atoms with van der Waals surface area (Å²) in [6, 6.07) is 0. The average molecular weight is 805 g/mol. The first-order chi connectivity index (χ1) is 26.1. The Morgan fingerprint density at radius 1 is 0.589 bits per heavy atom. The Hall–Kier alpha value is -1.24. The summed E-state index contributed by atoms with van der Waals surface area (Å²) in [6.07, 6.45) is 14.2. The Morgan fingerprint density at radius 3 is 1.59 bits per heavy atom. The van der Waals surface area contributed by atoms with Crippen LogP contribution in [0.25, 0.3) is 0 Å².